The SMILES string of the molecule is Cc1cnc(NC(=O)/C=C/c2cnn(C)c2)s1. The number of hydrogen-bond donors (Lipinski definition) is 1. The van der Waals surface area contributed by atoms with Crippen molar-refractivity contribution in [3.63, 3.8) is 0 Å². The molecule has 2 aromatic heterocycles. The summed E-state index contributed by atoms with van der Waals surface area (Å²) in [4.78, 5) is 16.7. The maximum absolute atomic E-state index is 11.5. The fourth-order valence-electron chi connectivity index (χ4n) is 1.26. The first-order valence-corrected chi connectivity index (χ1v) is 5.85. The summed E-state index contributed by atoms with van der Waals surface area (Å²) >= 11 is 1.45. The van der Waals surface area contributed by atoms with Gasteiger partial charge in [-0.1, -0.05) is 0 Å². The van der Waals surface area contributed by atoms with Crippen molar-refractivity contribution < 1.29 is 4.79 Å². The van der Waals surface area contributed by atoms with Gasteiger partial charge in [-0.15, -0.1) is 11.3 Å². The Hall–Kier alpha value is -1.95. The van der Waals surface area contributed by atoms with E-state index in [0.717, 1.165) is 10.4 Å². The summed E-state index contributed by atoms with van der Waals surface area (Å²) in [6.45, 7) is 1.94. The van der Waals surface area contributed by atoms with Gasteiger partial charge in [0.2, 0.25) is 5.91 Å². The summed E-state index contributed by atoms with van der Waals surface area (Å²) in [6.07, 6.45) is 8.43. The van der Waals surface area contributed by atoms with Crippen molar-refractivity contribution in [2.45, 2.75) is 6.92 Å². The summed E-state index contributed by atoms with van der Waals surface area (Å²) < 4.78 is 1.68. The van der Waals surface area contributed by atoms with Crippen LogP contribution < -0.4 is 5.32 Å². The highest BCUT2D eigenvalue weighted by atomic mass is 32.1. The molecule has 0 aromatic carbocycles. The average Bonchev–Trinajstić information content (AvgIpc) is 2.85. The molecule has 17 heavy (non-hydrogen) atoms. The molecule has 0 saturated heterocycles. The van der Waals surface area contributed by atoms with Crippen LogP contribution in [0.1, 0.15) is 10.4 Å². The molecule has 2 rings (SSSR count). The van der Waals surface area contributed by atoms with E-state index in [9.17, 15) is 4.79 Å². The molecule has 88 valence electrons. The second-order valence-electron chi connectivity index (χ2n) is 3.55. The molecule has 0 aliphatic rings. The number of aryl methyl sites for hydroxylation is 2. The quantitative estimate of drug-likeness (QED) is 0.843. The van der Waals surface area contributed by atoms with E-state index in [1.165, 1.54) is 17.4 Å². The zero-order valence-electron chi connectivity index (χ0n) is 9.54. The molecule has 0 bridgehead atoms. The number of carbonyl (C=O) groups is 1. The Balaban J connectivity index is 1.95. The molecule has 5 nitrogen and oxygen atoms in total. The number of amides is 1. The molecule has 0 fully saturated rings. The van der Waals surface area contributed by atoms with E-state index < -0.39 is 0 Å². The maximum Gasteiger partial charge on any atom is 0.250 e. The Morgan fingerprint density at radius 1 is 1.53 bits per heavy atom. The van der Waals surface area contributed by atoms with Crippen molar-refractivity contribution in [3.8, 4) is 0 Å². The Labute approximate surface area is 103 Å². The van der Waals surface area contributed by atoms with E-state index >= 15 is 0 Å². The number of anilines is 1. The van der Waals surface area contributed by atoms with Crippen LogP contribution in [0.25, 0.3) is 6.08 Å². The van der Waals surface area contributed by atoms with Gasteiger partial charge < -0.3 is 0 Å². The molecule has 2 heterocycles. The van der Waals surface area contributed by atoms with Gasteiger partial charge in [0, 0.05) is 36.0 Å². The van der Waals surface area contributed by atoms with Crippen molar-refractivity contribution in [2.24, 2.45) is 7.05 Å². The Morgan fingerprint density at radius 3 is 2.94 bits per heavy atom. The first-order chi connectivity index (χ1) is 8.13. The van der Waals surface area contributed by atoms with Gasteiger partial charge >= 0.3 is 0 Å². The molecule has 1 amide bonds. The molecule has 0 aliphatic carbocycles. The number of thiazole rings is 1. The van der Waals surface area contributed by atoms with Crippen LogP contribution in [0, 0.1) is 6.92 Å². The van der Waals surface area contributed by atoms with Crippen molar-refractivity contribution in [1.29, 1.82) is 0 Å². The molecule has 0 radical (unpaired) electrons. The summed E-state index contributed by atoms with van der Waals surface area (Å²) in [5, 5.41) is 7.31. The number of aromatic nitrogens is 3. The van der Waals surface area contributed by atoms with Crippen LogP contribution >= 0.6 is 11.3 Å². The van der Waals surface area contributed by atoms with Gasteiger partial charge in [0.05, 0.1) is 6.20 Å². The first kappa shape index (κ1) is 11.5. The monoisotopic (exact) mass is 248 g/mol. The van der Waals surface area contributed by atoms with E-state index in [0.29, 0.717) is 5.13 Å². The lowest BCUT2D eigenvalue weighted by Gasteiger charge is -1.94. The molecular weight excluding hydrogens is 236 g/mol. The number of nitrogens with one attached hydrogen (secondary N) is 1. The minimum Gasteiger partial charge on any atom is -0.298 e. The predicted molar refractivity (Wildman–Crippen MR) is 67.7 cm³/mol. The zero-order chi connectivity index (χ0) is 12.3. The topological polar surface area (TPSA) is 59.8 Å². The number of rotatable bonds is 3. The Bertz CT molecular complexity index is 555. The maximum atomic E-state index is 11.5. The van der Waals surface area contributed by atoms with Crippen LogP contribution in [0.4, 0.5) is 5.13 Å². The lowest BCUT2D eigenvalue weighted by atomic mass is 10.3. The fourth-order valence-corrected chi connectivity index (χ4v) is 1.93. The molecule has 6 heteroatoms. The average molecular weight is 248 g/mol. The van der Waals surface area contributed by atoms with Gasteiger partial charge in [0.15, 0.2) is 5.13 Å². The summed E-state index contributed by atoms with van der Waals surface area (Å²) in [5.41, 5.74) is 0.887. The second-order valence-corrected chi connectivity index (χ2v) is 4.78. The largest absolute Gasteiger partial charge is 0.298 e. The van der Waals surface area contributed by atoms with Crippen molar-refractivity contribution in [1.82, 2.24) is 14.8 Å². The minimum atomic E-state index is -0.191. The summed E-state index contributed by atoms with van der Waals surface area (Å²) in [7, 11) is 1.83. The number of nitrogens with zero attached hydrogens (tertiary/aromatic N) is 3. The standard InChI is InChI=1S/C11H12N4OS/c1-8-5-12-11(17-8)14-10(16)4-3-9-6-13-15(2)7-9/h3-7H,1-2H3,(H,12,14,16)/b4-3+. The highest BCUT2D eigenvalue weighted by Gasteiger charge is 2.01. The highest BCUT2D eigenvalue weighted by Crippen LogP contribution is 2.16. The van der Waals surface area contributed by atoms with E-state index in [1.807, 2.05) is 20.2 Å². The van der Waals surface area contributed by atoms with Crippen LogP contribution in [0.3, 0.4) is 0 Å². The smallest absolute Gasteiger partial charge is 0.250 e. The number of hydrogen-bond acceptors (Lipinski definition) is 4. The molecule has 0 spiro atoms. The van der Waals surface area contributed by atoms with Crippen molar-refractivity contribution in [3.05, 3.63) is 35.1 Å². The molecule has 2 aromatic rings. The fraction of sp³-hybridized carbons (Fsp3) is 0.182. The van der Waals surface area contributed by atoms with Gasteiger partial charge in [-0.05, 0) is 13.0 Å². The van der Waals surface area contributed by atoms with Crippen LogP contribution in [-0.4, -0.2) is 20.7 Å². The first-order valence-electron chi connectivity index (χ1n) is 5.03. The summed E-state index contributed by atoms with van der Waals surface area (Å²) in [5.74, 6) is -0.191. The lowest BCUT2D eigenvalue weighted by molar-refractivity contribution is -0.111. The lowest BCUT2D eigenvalue weighted by Crippen LogP contribution is -2.06. The van der Waals surface area contributed by atoms with Crippen molar-refractivity contribution >= 4 is 28.5 Å². The number of carbonyl (C=O) groups excluding carboxylic acids is 1. The molecular formula is C11H12N4OS. The minimum absolute atomic E-state index is 0.191. The molecule has 0 saturated carbocycles. The molecule has 0 unspecified atom stereocenters. The van der Waals surface area contributed by atoms with Crippen molar-refractivity contribution in [2.75, 3.05) is 5.32 Å². The molecule has 0 aliphatic heterocycles. The zero-order valence-corrected chi connectivity index (χ0v) is 10.4. The Morgan fingerprint density at radius 2 is 2.35 bits per heavy atom. The van der Waals surface area contributed by atoms with Gasteiger partial charge in [-0.25, -0.2) is 4.98 Å². The summed E-state index contributed by atoms with van der Waals surface area (Å²) in [6, 6.07) is 0. The van der Waals surface area contributed by atoms with E-state index in [-0.39, 0.29) is 5.91 Å². The van der Waals surface area contributed by atoms with Crippen LogP contribution in [-0.2, 0) is 11.8 Å². The molecule has 0 atom stereocenters. The van der Waals surface area contributed by atoms with Crippen LogP contribution in [0.5, 0.6) is 0 Å². The van der Waals surface area contributed by atoms with Gasteiger partial charge in [0.1, 0.15) is 0 Å². The highest BCUT2D eigenvalue weighted by molar-refractivity contribution is 7.15. The van der Waals surface area contributed by atoms with E-state index in [4.69, 9.17) is 0 Å². The van der Waals surface area contributed by atoms with Gasteiger partial charge in [0.25, 0.3) is 0 Å². The normalized spacial score (nSPS) is 10.9. The third-order valence-electron chi connectivity index (χ3n) is 2.00. The van der Waals surface area contributed by atoms with Gasteiger partial charge in [-0.3, -0.25) is 14.8 Å². The van der Waals surface area contributed by atoms with E-state index in [1.54, 1.807) is 23.2 Å². The van der Waals surface area contributed by atoms with Gasteiger partial charge in [-0.2, -0.15) is 5.10 Å². The predicted octanol–water partition coefficient (Wildman–Crippen LogP) is 1.84. The van der Waals surface area contributed by atoms with Crippen LogP contribution in [0.2, 0.25) is 0 Å². The van der Waals surface area contributed by atoms with E-state index in [2.05, 4.69) is 15.4 Å². The Kier molecular flexibility index (Phi) is 3.34. The third-order valence-corrected chi connectivity index (χ3v) is 2.83. The second kappa shape index (κ2) is 4.92. The molecule has 1 N–H and O–H groups in total. The van der Waals surface area contributed by atoms with Crippen LogP contribution in [0.15, 0.2) is 24.7 Å². The third kappa shape index (κ3) is 3.25.